The van der Waals surface area contributed by atoms with Gasteiger partial charge in [-0.25, -0.2) is 4.79 Å². The minimum absolute atomic E-state index is 0.502. The van der Waals surface area contributed by atoms with E-state index in [2.05, 4.69) is 0 Å². The molecule has 3 saturated heterocycles. The SMILES string of the molecule is COc1ccc(C=CC(=O)O[C@H]2[C@H](O[C@H]3[C@@H]4C=CO[C@@H](O[C@@H]5O[C@H](CO)[C@@H](O)[C@H](O)[C@H]5O)[C@@H]4[C@@]4(CO)O[C@@H]34)O[C@@H](C)[C@H](OC(C)=O)[C@H]2O)cc1. The van der Waals surface area contributed by atoms with E-state index in [4.69, 9.17) is 42.6 Å². The lowest BCUT2D eigenvalue weighted by Gasteiger charge is -2.44. The van der Waals surface area contributed by atoms with E-state index in [-0.39, 0.29) is 0 Å². The van der Waals surface area contributed by atoms with Crippen molar-refractivity contribution in [3.63, 3.8) is 0 Å². The second-order valence-electron chi connectivity index (χ2n) is 12.8. The highest BCUT2D eigenvalue weighted by Gasteiger charge is 2.77. The van der Waals surface area contributed by atoms with Crippen LogP contribution in [0.4, 0.5) is 0 Å². The van der Waals surface area contributed by atoms with E-state index in [9.17, 15) is 40.2 Å². The van der Waals surface area contributed by atoms with E-state index in [0.29, 0.717) is 11.3 Å². The number of aliphatic hydroxyl groups is 6. The van der Waals surface area contributed by atoms with Gasteiger partial charge in [-0.3, -0.25) is 4.79 Å². The molecule has 1 aliphatic carbocycles. The number of ether oxygens (including phenoxy) is 9. The lowest BCUT2D eigenvalue weighted by atomic mass is 9.85. The molecule has 17 heteroatoms. The molecule has 1 saturated carbocycles. The molecule has 0 amide bonds. The number of fused-ring (bicyclic) bond motifs is 3. The standard InChI is InChI=1S/C33H42O17/c1-14-26(45-15(2)36)25(41)28(47-20(37)9-6-16-4-7-17(42-3)8-5-16)32(44-14)48-27-18-10-11-43-30(21(18)33(13-35)29(27)50-33)49-31-24(40)23(39)22(38)19(12-34)46-31/h4-11,14,18-19,21-32,34-35,38-41H,12-13H2,1-3H3/t14-,18+,19+,21+,22+,23-,24+,25+,26-,27-,28+,29-,30-,31-,32-,33+/m0/s1. The number of methoxy groups -OCH3 is 1. The quantitative estimate of drug-likeness (QED) is 0.0835. The average molecular weight is 711 g/mol. The molecule has 0 aromatic heterocycles. The molecular weight excluding hydrogens is 668 g/mol. The van der Waals surface area contributed by atoms with Crippen molar-refractivity contribution < 1.29 is 82.9 Å². The third-order valence-corrected chi connectivity index (χ3v) is 9.72. The Morgan fingerprint density at radius 3 is 2.28 bits per heavy atom. The molecule has 16 atom stereocenters. The van der Waals surface area contributed by atoms with Gasteiger partial charge in [0.1, 0.15) is 48.0 Å². The predicted molar refractivity (Wildman–Crippen MR) is 163 cm³/mol. The number of carbonyl (C=O) groups is 2. The molecule has 50 heavy (non-hydrogen) atoms. The Morgan fingerprint density at radius 2 is 1.62 bits per heavy atom. The molecular formula is C33H42O17. The van der Waals surface area contributed by atoms with Crippen molar-refractivity contribution in [2.24, 2.45) is 11.8 Å². The van der Waals surface area contributed by atoms with Crippen LogP contribution in [-0.2, 0) is 47.5 Å². The van der Waals surface area contributed by atoms with Crippen molar-refractivity contribution in [2.45, 2.75) is 99.4 Å². The minimum Gasteiger partial charge on any atom is -0.497 e. The van der Waals surface area contributed by atoms with Gasteiger partial charge in [0.25, 0.3) is 0 Å². The van der Waals surface area contributed by atoms with Gasteiger partial charge in [0, 0.05) is 18.9 Å². The van der Waals surface area contributed by atoms with Crippen LogP contribution in [0.2, 0.25) is 0 Å². The molecule has 276 valence electrons. The molecule has 0 spiro atoms. The molecule has 1 aromatic carbocycles. The number of epoxide rings is 1. The van der Waals surface area contributed by atoms with Crippen LogP contribution >= 0.6 is 0 Å². The van der Waals surface area contributed by atoms with Crippen LogP contribution in [-0.4, -0.2) is 148 Å². The van der Waals surface area contributed by atoms with E-state index < -0.39 is 122 Å². The monoisotopic (exact) mass is 710 g/mol. The van der Waals surface area contributed by atoms with E-state index in [1.807, 2.05) is 0 Å². The molecule has 1 aromatic rings. The summed E-state index contributed by atoms with van der Waals surface area (Å²) in [5.74, 6) is -2.30. The van der Waals surface area contributed by atoms with Gasteiger partial charge in [-0.05, 0) is 36.8 Å². The maximum Gasteiger partial charge on any atom is 0.331 e. The molecule has 0 bridgehead atoms. The fourth-order valence-electron chi connectivity index (χ4n) is 7.10. The first-order valence-electron chi connectivity index (χ1n) is 16.2. The van der Waals surface area contributed by atoms with Crippen LogP contribution in [0, 0.1) is 11.8 Å². The lowest BCUT2D eigenvalue weighted by Crippen LogP contribution is -2.61. The molecule has 6 N–H and O–H groups in total. The summed E-state index contributed by atoms with van der Waals surface area (Å²) in [6.45, 7) is 1.55. The number of carbonyl (C=O) groups excluding carboxylic acids is 2. The number of esters is 2. The van der Waals surface area contributed by atoms with Crippen molar-refractivity contribution >= 4 is 18.0 Å². The van der Waals surface area contributed by atoms with Gasteiger partial charge in [-0.1, -0.05) is 12.1 Å². The van der Waals surface area contributed by atoms with Gasteiger partial charge < -0.3 is 73.3 Å². The number of rotatable bonds is 11. The minimum atomic E-state index is -1.71. The van der Waals surface area contributed by atoms with Crippen LogP contribution in [0.5, 0.6) is 5.75 Å². The number of benzene rings is 1. The Morgan fingerprint density at radius 1 is 0.880 bits per heavy atom. The van der Waals surface area contributed by atoms with Gasteiger partial charge in [-0.2, -0.15) is 0 Å². The number of hydrogen-bond donors (Lipinski definition) is 6. The normalized spacial score (nSPS) is 43.4. The van der Waals surface area contributed by atoms with Crippen LogP contribution < -0.4 is 4.74 Å². The highest BCUT2D eigenvalue weighted by molar-refractivity contribution is 5.87. The first-order chi connectivity index (χ1) is 23.9. The molecule has 0 unspecified atom stereocenters. The predicted octanol–water partition coefficient (Wildman–Crippen LogP) is -1.89. The second-order valence-corrected chi connectivity index (χ2v) is 12.8. The number of aliphatic hydroxyl groups excluding tert-OH is 6. The summed E-state index contributed by atoms with van der Waals surface area (Å²) in [5, 5.41) is 62.4. The van der Waals surface area contributed by atoms with Crippen molar-refractivity contribution in [1.82, 2.24) is 0 Å². The van der Waals surface area contributed by atoms with Crippen molar-refractivity contribution in [1.29, 1.82) is 0 Å². The fourth-order valence-corrected chi connectivity index (χ4v) is 7.10. The zero-order chi connectivity index (χ0) is 35.9. The zero-order valence-corrected chi connectivity index (χ0v) is 27.4. The van der Waals surface area contributed by atoms with Gasteiger partial charge in [-0.15, -0.1) is 0 Å². The fraction of sp³-hybridized carbons (Fsp3) is 0.636. The Balaban J connectivity index is 1.21. The van der Waals surface area contributed by atoms with Gasteiger partial charge >= 0.3 is 11.9 Å². The topological polar surface area (TPSA) is 242 Å². The maximum atomic E-state index is 13.0. The van der Waals surface area contributed by atoms with Gasteiger partial charge in [0.2, 0.25) is 6.29 Å². The van der Waals surface area contributed by atoms with Crippen molar-refractivity contribution in [3.8, 4) is 5.75 Å². The Labute approximate surface area is 286 Å². The zero-order valence-electron chi connectivity index (χ0n) is 27.4. The highest BCUT2D eigenvalue weighted by atomic mass is 16.8. The Kier molecular flexibility index (Phi) is 10.8. The van der Waals surface area contributed by atoms with E-state index >= 15 is 0 Å². The van der Waals surface area contributed by atoms with Crippen LogP contribution in [0.25, 0.3) is 6.08 Å². The molecule has 6 rings (SSSR count). The van der Waals surface area contributed by atoms with E-state index in [1.54, 1.807) is 37.3 Å². The van der Waals surface area contributed by atoms with E-state index in [0.717, 1.165) is 6.08 Å². The van der Waals surface area contributed by atoms with Crippen molar-refractivity contribution in [2.75, 3.05) is 20.3 Å². The molecule has 17 nitrogen and oxygen atoms in total. The summed E-state index contributed by atoms with van der Waals surface area (Å²) in [4.78, 5) is 24.9. The summed E-state index contributed by atoms with van der Waals surface area (Å²) >= 11 is 0. The van der Waals surface area contributed by atoms with E-state index in [1.165, 1.54) is 26.4 Å². The smallest absolute Gasteiger partial charge is 0.331 e. The third kappa shape index (κ3) is 6.88. The Hall–Kier alpha value is -3.20. The largest absolute Gasteiger partial charge is 0.497 e. The first-order valence-corrected chi connectivity index (χ1v) is 16.2. The maximum absolute atomic E-state index is 13.0. The first kappa shape index (κ1) is 36.6. The molecule has 4 heterocycles. The number of hydrogen-bond acceptors (Lipinski definition) is 17. The molecule has 0 radical (unpaired) electrons. The van der Waals surface area contributed by atoms with Gasteiger partial charge in [0.15, 0.2) is 24.8 Å². The highest BCUT2D eigenvalue weighted by Crippen LogP contribution is 2.61. The summed E-state index contributed by atoms with van der Waals surface area (Å²) in [5.41, 5.74) is -0.594. The molecule has 5 aliphatic rings. The second kappa shape index (κ2) is 14.8. The molecule has 4 aliphatic heterocycles. The average Bonchev–Trinajstić information content (AvgIpc) is 3.78. The third-order valence-electron chi connectivity index (χ3n) is 9.72. The molecule has 4 fully saturated rings. The summed E-state index contributed by atoms with van der Waals surface area (Å²) in [6, 6.07) is 6.87. The summed E-state index contributed by atoms with van der Waals surface area (Å²) in [7, 11) is 1.53. The van der Waals surface area contributed by atoms with Crippen LogP contribution in [0.15, 0.2) is 42.7 Å². The Bertz CT molecular complexity index is 1420. The summed E-state index contributed by atoms with van der Waals surface area (Å²) in [6.07, 6.45) is -11.6. The summed E-state index contributed by atoms with van der Waals surface area (Å²) < 4.78 is 51.7. The van der Waals surface area contributed by atoms with Crippen molar-refractivity contribution in [3.05, 3.63) is 48.2 Å². The van der Waals surface area contributed by atoms with Crippen LogP contribution in [0.3, 0.4) is 0 Å². The lowest BCUT2D eigenvalue weighted by molar-refractivity contribution is -0.347. The van der Waals surface area contributed by atoms with Gasteiger partial charge in [0.05, 0.1) is 44.7 Å². The van der Waals surface area contributed by atoms with Crippen LogP contribution in [0.1, 0.15) is 19.4 Å².